The molecular formula is C22H30N4OS. The third kappa shape index (κ3) is 5.47. The van der Waals surface area contributed by atoms with Gasteiger partial charge in [0.1, 0.15) is 5.82 Å². The minimum absolute atomic E-state index is 0.0279. The zero-order valence-corrected chi connectivity index (χ0v) is 17.5. The van der Waals surface area contributed by atoms with Gasteiger partial charge >= 0.3 is 0 Å². The first-order valence-corrected chi connectivity index (χ1v) is 11.2. The van der Waals surface area contributed by atoms with Crippen molar-refractivity contribution in [3.63, 3.8) is 0 Å². The summed E-state index contributed by atoms with van der Waals surface area (Å²) in [5.41, 5.74) is 1.23. The fourth-order valence-electron chi connectivity index (χ4n) is 3.72. The Labute approximate surface area is 172 Å². The molecule has 2 aromatic rings. The van der Waals surface area contributed by atoms with Crippen LogP contribution in [0.1, 0.15) is 62.3 Å². The quantitative estimate of drug-likeness (QED) is 0.498. The molecule has 1 aliphatic rings. The first-order chi connectivity index (χ1) is 13.7. The van der Waals surface area contributed by atoms with Gasteiger partial charge in [0.25, 0.3) is 0 Å². The summed E-state index contributed by atoms with van der Waals surface area (Å²) in [5.74, 6) is 2.20. The molecular weight excluding hydrogens is 368 g/mol. The zero-order valence-electron chi connectivity index (χ0n) is 16.6. The molecule has 1 aliphatic carbocycles. The van der Waals surface area contributed by atoms with Crippen molar-refractivity contribution >= 4 is 17.7 Å². The molecule has 1 saturated carbocycles. The standard InChI is InChI=1S/C22H30N4OS/c1-3-14-26-21(19-12-8-5-9-13-19)24-25-22(26)28-16-20(27)23-15-17(2)18-10-6-4-7-11-18/h3-4,6-7,10-11,17,19H,1,5,8-9,12-16H2,2H3,(H,23,27). The normalized spacial score (nSPS) is 15.9. The average molecular weight is 399 g/mol. The maximum absolute atomic E-state index is 12.3. The number of nitrogens with one attached hydrogen (secondary N) is 1. The number of nitrogens with zero attached hydrogens (tertiary/aromatic N) is 3. The van der Waals surface area contributed by atoms with E-state index in [1.165, 1.54) is 49.4 Å². The third-order valence-corrected chi connectivity index (χ3v) is 6.30. The molecule has 1 heterocycles. The molecule has 1 N–H and O–H groups in total. The van der Waals surface area contributed by atoms with E-state index in [1.54, 1.807) is 0 Å². The summed E-state index contributed by atoms with van der Waals surface area (Å²) in [6.45, 7) is 7.32. The number of carbonyl (C=O) groups is 1. The molecule has 3 rings (SSSR count). The van der Waals surface area contributed by atoms with Gasteiger partial charge in [-0.2, -0.15) is 0 Å². The van der Waals surface area contributed by atoms with Crippen LogP contribution in [0.5, 0.6) is 0 Å². The van der Waals surface area contributed by atoms with Crippen molar-refractivity contribution < 1.29 is 4.79 Å². The number of carbonyl (C=O) groups excluding carboxylic acids is 1. The number of benzene rings is 1. The van der Waals surface area contributed by atoms with E-state index >= 15 is 0 Å². The van der Waals surface area contributed by atoms with Gasteiger partial charge in [0.2, 0.25) is 5.91 Å². The van der Waals surface area contributed by atoms with Crippen molar-refractivity contribution in [2.24, 2.45) is 0 Å². The first-order valence-electron chi connectivity index (χ1n) is 10.2. The summed E-state index contributed by atoms with van der Waals surface area (Å²) in [7, 11) is 0. The lowest BCUT2D eigenvalue weighted by atomic mass is 9.89. The molecule has 1 amide bonds. The van der Waals surface area contributed by atoms with Crippen molar-refractivity contribution in [2.45, 2.75) is 62.6 Å². The number of aromatic nitrogens is 3. The topological polar surface area (TPSA) is 59.8 Å². The minimum Gasteiger partial charge on any atom is -0.355 e. The van der Waals surface area contributed by atoms with Crippen LogP contribution in [-0.2, 0) is 11.3 Å². The van der Waals surface area contributed by atoms with Crippen LogP contribution in [0.3, 0.4) is 0 Å². The van der Waals surface area contributed by atoms with Gasteiger partial charge in [-0.25, -0.2) is 0 Å². The van der Waals surface area contributed by atoms with Gasteiger partial charge in [-0.1, -0.05) is 74.4 Å². The molecule has 0 aliphatic heterocycles. The Balaban J connectivity index is 1.54. The van der Waals surface area contributed by atoms with E-state index < -0.39 is 0 Å². The summed E-state index contributed by atoms with van der Waals surface area (Å²) in [5, 5.41) is 12.7. The van der Waals surface area contributed by atoms with E-state index in [4.69, 9.17) is 0 Å². The highest BCUT2D eigenvalue weighted by Gasteiger charge is 2.23. The van der Waals surface area contributed by atoms with Crippen LogP contribution in [0.25, 0.3) is 0 Å². The SMILES string of the molecule is C=CCn1c(SCC(=O)NCC(C)c2ccccc2)nnc1C1CCCCC1. The van der Waals surface area contributed by atoms with Crippen molar-refractivity contribution in [1.82, 2.24) is 20.1 Å². The van der Waals surface area contributed by atoms with Gasteiger partial charge in [0, 0.05) is 19.0 Å². The van der Waals surface area contributed by atoms with Crippen LogP contribution >= 0.6 is 11.8 Å². The number of hydrogen-bond donors (Lipinski definition) is 1. The lowest BCUT2D eigenvalue weighted by molar-refractivity contribution is -0.118. The van der Waals surface area contributed by atoms with E-state index in [-0.39, 0.29) is 11.8 Å². The second kappa shape index (κ2) is 10.5. The number of rotatable bonds is 9. The highest BCUT2D eigenvalue weighted by molar-refractivity contribution is 7.99. The number of allylic oxidation sites excluding steroid dienone is 1. The number of amides is 1. The van der Waals surface area contributed by atoms with Crippen LogP contribution in [0, 0.1) is 0 Å². The molecule has 0 radical (unpaired) electrons. The van der Waals surface area contributed by atoms with Crippen molar-refractivity contribution in [2.75, 3.05) is 12.3 Å². The van der Waals surface area contributed by atoms with Crippen molar-refractivity contribution in [3.8, 4) is 0 Å². The van der Waals surface area contributed by atoms with Crippen LogP contribution in [0.2, 0.25) is 0 Å². The Bertz CT molecular complexity index is 768. The lowest BCUT2D eigenvalue weighted by Gasteiger charge is -2.21. The molecule has 28 heavy (non-hydrogen) atoms. The second-order valence-corrected chi connectivity index (χ2v) is 8.42. The number of hydrogen-bond acceptors (Lipinski definition) is 4. The predicted molar refractivity (Wildman–Crippen MR) is 115 cm³/mol. The molecule has 0 bridgehead atoms. The Kier molecular flexibility index (Phi) is 7.71. The highest BCUT2D eigenvalue weighted by Crippen LogP contribution is 2.33. The molecule has 1 atom stereocenters. The lowest BCUT2D eigenvalue weighted by Crippen LogP contribution is -2.29. The molecule has 1 unspecified atom stereocenters. The van der Waals surface area contributed by atoms with Gasteiger partial charge in [-0.15, -0.1) is 16.8 Å². The van der Waals surface area contributed by atoms with Crippen LogP contribution < -0.4 is 5.32 Å². The summed E-state index contributed by atoms with van der Waals surface area (Å²) in [6, 6.07) is 10.2. The molecule has 0 saturated heterocycles. The minimum atomic E-state index is 0.0279. The van der Waals surface area contributed by atoms with Crippen LogP contribution in [0.4, 0.5) is 0 Å². The predicted octanol–water partition coefficient (Wildman–Crippen LogP) is 4.52. The molecule has 1 aromatic carbocycles. The van der Waals surface area contributed by atoms with Gasteiger partial charge in [0.15, 0.2) is 5.16 Å². The molecule has 6 heteroatoms. The Hall–Kier alpha value is -2.08. The monoisotopic (exact) mass is 398 g/mol. The summed E-state index contributed by atoms with van der Waals surface area (Å²) in [4.78, 5) is 12.3. The van der Waals surface area contributed by atoms with Crippen LogP contribution in [0.15, 0.2) is 48.1 Å². The smallest absolute Gasteiger partial charge is 0.230 e. The Morgan fingerprint density at radius 3 is 2.75 bits per heavy atom. The average Bonchev–Trinajstić information content (AvgIpc) is 3.14. The molecule has 1 fully saturated rings. The fraction of sp³-hybridized carbons (Fsp3) is 0.500. The summed E-state index contributed by atoms with van der Waals surface area (Å²) >= 11 is 1.46. The Morgan fingerprint density at radius 1 is 1.29 bits per heavy atom. The van der Waals surface area contributed by atoms with Gasteiger partial charge in [-0.05, 0) is 24.3 Å². The van der Waals surface area contributed by atoms with E-state index in [0.717, 1.165) is 11.0 Å². The van der Waals surface area contributed by atoms with Gasteiger partial charge in [0.05, 0.1) is 5.75 Å². The number of thioether (sulfide) groups is 1. The maximum Gasteiger partial charge on any atom is 0.230 e. The zero-order chi connectivity index (χ0) is 19.8. The molecule has 1 aromatic heterocycles. The molecule has 5 nitrogen and oxygen atoms in total. The van der Waals surface area contributed by atoms with E-state index in [1.807, 2.05) is 24.3 Å². The second-order valence-electron chi connectivity index (χ2n) is 7.48. The van der Waals surface area contributed by atoms with Crippen molar-refractivity contribution in [1.29, 1.82) is 0 Å². The Morgan fingerprint density at radius 2 is 2.04 bits per heavy atom. The van der Waals surface area contributed by atoms with E-state index in [2.05, 4.69) is 45.7 Å². The highest BCUT2D eigenvalue weighted by atomic mass is 32.2. The molecule has 0 spiro atoms. The first kappa shape index (κ1) is 20.6. The third-order valence-electron chi connectivity index (χ3n) is 5.33. The van der Waals surface area contributed by atoms with Crippen molar-refractivity contribution in [3.05, 3.63) is 54.4 Å². The van der Waals surface area contributed by atoms with E-state index in [0.29, 0.717) is 24.8 Å². The van der Waals surface area contributed by atoms with E-state index in [9.17, 15) is 4.79 Å². The summed E-state index contributed by atoms with van der Waals surface area (Å²) < 4.78 is 2.13. The fourth-order valence-corrected chi connectivity index (χ4v) is 4.50. The van der Waals surface area contributed by atoms with Gasteiger partial charge < -0.3 is 9.88 Å². The maximum atomic E-state index is 12.3. The molecule has 150 valence electrons. The van der Waals surface area contributed by atoms with Gasteiger partial charge in [-0.3, -0.25) is 4.79 Å². The summed E-state index contributed by atoms with van der Waals surface area (Å²) in [6.07, 6.45) is 8.07. The largest absolute Gasteiger partial charge is 0.355 e. The van der Waals surface area contributed by atoms with Crippen LogP contribution in [-0.4, -0.2) is 33.0 Å².